The average Bonchev–Trinajstić information content (AvgIpc) is 2.92. The molecule has 0 fully saturated rings. The predicted molar refractivity (Wildman–Crippen MR) is 81.8 cm³/mol. The van der Waals surface area contributed by atoms with Gasteiger partial charge in [0.05, 0.1) is 6.54 Å². The summed E-state index contributed by atoms with van der Waals surface area (Å²) in [5, 5.41) is 0.798. The number of carbonyl (C=O) groups is 1. The molecule has 2 N–H and O–H groups in total. The molecule has 0 radical (unpaired) electrons. The molecule has 0 spiro atoms. The minimum Gasteiger partial charge on any atom is -0.342 e. The van der Waals surface area contributed by atoms with Gasteiger partial charge in [-0.2, -0.15) is 0 Å². The number of fused-ring (bicyclic) bond motifs is 2. The van der Waals surface area contributed by atoms with Crippen molar-refractivity contribution in [2.45, 2.75) is 32.2 Å². The third kappa shape index (κ3) is 2.10. The SMILES string of the molecule is O=C1CCCc2sc(N3CCc4c([nH]c(=O)[nH]c4=O)C3)nc21. The number of thiazole rings is 1. The second-order valence-electron chi connectivity index (χ2n) is 5.58. The maximum absolute atomic E-state index is 11.9. The van der Waals surface area contributed by atoms with Gasteiger partial charge in [0.15, 0.2) is 10.9 Å². The summed E-state index contributed by atoms with van der Waals surface area (Å²) in [7, 11) is 0. The van der Waals surface area contributed by atoms with Crippen LogP contribution in [0.3, 0.4) is 0 Å². The van der Waals surface area contributed by atoms with Crippen LogP contribution in [-0.4, -0.2) is 27.3 Å². The summed E-state index contributed by atoms with van der Waals surface area (Å²) in [5.41, 5.74) is 1.08. The molecule has 0 amide bonds. The van der Waals surface area contributed by atoms with Crippen LogP contribution in [-0.2, 0) is 19.4 Å². The summed E-state index contributed by atoms with van der Waals surface area (Å²) in [5.74, 6) is 0.117. The highest BCUT2D eigenvalue weighted by Gasteiger charge is 2.27. The van der Waals surface area contributed by atoms with Crippen LogP contribution in [0.25, 0.3) is 0 Å². The Labute approximate surface area is 129 Å². The lowest BCUT2D eigenvalue weighted by Gasteiger charge is -2.27. The Morgan fingerprint density at radius 2 is 1.95 bits per heavy atom. The normalized spacial score (nSPS) is 17.3. The van der Waals surface area contributed by atoms with Crippen molar-refractivity contribution < 1.29 is 4.79 Å². The Balaban J connectivity index is 1.69. The van der Waals surface area contributed by atoms with Crippen LogP contribution in [0, 0.1) is 0 Å². The van der Waals surface area contributed by atoms with Gasteiger partial charge in [-0.05, 0) is 19.3 Å². The fourth-order valence-corrected chi connectivity index (χ4v) is 4.17. The van der Waals surface area contributed by atoms with E-state index < -0.39 is 5.69 Å². The van der Waals surface area contributed by atoms with E-state index in [0.717, 1.165) is 22.9 Å². The maximum Gasteiger partial charge on any atom is 0.325 e. The number of nitrogens with zero attached hydrogens (tertiary/aromatic N) is 2. The van der Waals surface area contributed by atoms with E-state index in [4.69, 9.17) is 0 Å². The molecular formula is C14H14N4O3S. The number of H-pyrrole nitrogens is 2. The molecule has 0 saturated carbocycles. The van der Waals surface area contributed by atoms with Crippen molar-refractivity contribution in [2.24, 2.45) is 0 Å². The molecule has 3 heterocycles. The molecule has 2 aromatic heterocycles. The topological polar surface area (TPSA) is 98.9 Å². The predicted octanol–water partition coefficient (Wildman–Crippen LogP) is 0.601. The lowest BCUT2D eigenvalue weighted by Crippen LogP contribution is -2.38. The van der Waals surface area contributed by atoms with Crippen LogP contribution in [0.15, 0.2) is 9.59 Å². The zero-order valence-electron chi connectivity index (χ0n) is 11.8. The van der Waals surface area contributed by atoms with Crippen molar-refractivity contribution in [2.75, 3.05) is 11.4 Å². The van der Waals surface area contributed by atoms with Gasteiger partial charge in [-0.1, -0.05) is 0 Å². The third-order valence-corrected chi connectivity index (χ3v) is 5.31. The quantitative estimate of drug-likeness (QED) is 0.802. The Kier molecular flexibility index (Phi) is 3.00. The number of aromatic nitrogens is 3. The molecule has 0 bridgehead atoms. The first kappa shape index (κ1) is 13.4. The average molecular weight is 318 g/mol. The molecule has 0 unspecified atom stereocenters. The Morgan fingerprint density at radius 1 is 1.09 bits per heavy atom. The van der Waals surface area contributed by atoms with Gasteiger partial charge in [-0.15, -0.1) is 11.3 Å². The van der Waals surface area contributed by atoms with E-state index in [2.05, 4.69) is 15.0 Å². The third-order valence-electron chi connectivity index (χ3n) is 4.14. The van der Waals surface area contributed by atoms with E-state index in [1.807, 2.05) is 4.90 Å². The number of hydrogen-bond acceptors (Lipinski definition) is 6. The molecule has 4 rings (SSSR count). The second-order valence-corrected chi connectivity index (χ2v) is 6.64. The first-order valence-corrected chi connectivity index (χ1v) is 8.05. The molecule has 1 aliphatic carbocycles. The molecule has 8 heteroatoms. The number of aryl methyl sites for hydroxylation is 1. The van der Waals surface area contributed by atoms with Crippen LogP contribution in [0.1, 0.15) is 39.5 Å². The smallest absolute Gasteiger partial charge is 0.325 e. The number of Topliss-reactive ketones (excluding diaryl/α,β-unsaturated/α-hetero) is 1. The van der Waals surface area contributed by atoms with Gasteiger partial charge in [-0.3, -0.25) is 14.6 Å². The Morgan fingerprint density at radius 3 is 2.77 bits per heavy atom. The number of hydrogen-bond donors (Lipinski definition) is 2. The number of carbonyl (C=O) groups excluding carboxylic acids is 1. The molecule has 114 valence electrons. The van der Waals surface area contributed by atoms with Crippen molar-refractivity contribution in [3.05, 3.63) is 42.7 Å². The largest absolute Gasteiger partial charge is 0.342 e. The minimum atomic E-state index is -0.487. The van der Waals surface area contributed by atoms with Gasteiger partial charge in [0.25, 0.3) is 5.56 Å². The van der Waals surface area contributed by atoms with Gasteiger partial charge < -0.3 is 9.88 Å². The van der Waals surface area contributed by atoms with E-state index in [1.54, 1.807) is 11.3 Å². The summed E-state index contributed by atoms with van der Waals surface area (Å²) >= 11 is 1.54. The zero-order chi connectivity index (χ0) is 15.3. The number of aromatic amines is 2. The van der Waals surface area contributed by atoms with Crippen LogP contribution in [0.2, 0.25) is 0 Å². The van der Waals surface area contributed by atoms with E-state index in [-0.39, 0.29) is 11.3 Å². The highest BCUT2D eigenvalue weighted by Crippen LogP contribution is 2.33. The fraction of sp³-hybridized carbons (Fsp3) is 0.429. The summed E-state index contributed by atoms with van der Waals surface area (Å²) in [6.45, 7) is 1.10. The molecule has 0 atom stereocenters. The highest BCUT2D eigenvalue weighted by molar-refractivity contribution is 7.16. The van der Waals surface area contributed by atoms with Gasteiger partial charge in [0.2, 0.25) is 0 Å². The summed E-state index contributed by atoms with van der Waals surface area (Å²) in [4.78, 5) is 47.6. The molecule has 2 aromatic rings. The lowest BCUT2D eigenvalue weighted by atomic mass is 10.0. The van der Waals surface area contributed by atoms with E-state index in [9.17, 15) is 14.4 Å². The molecular weight excluding hydrogens is 304 g/mol. The molecule has 0 saturated heterocycles. The molecule has 1 aliphatic heterocycles. The molecule has 2 aliphatic rings. The van der Waals surface area contributed by atoms with Crippen molar-refractivity contribution in [3.63, 3.8) is 0 Å². The standard InChI is InChI=1S/C14H14N4O3S/c19-9-2-1-3-10-11(9)16-14(22-10)18-5-4-7-8(6-18)15-13(21)17-12(7)20/h1-6H2,(H2,15,17,20,21). The molecule has 0 aromatic carbocycles. The number of rotatable bonds is 1. The molecule has 7 nitrogen and oxygen atoms in total. The summed E-state index contributed by atoms with van der Waals surface area (Å²) in [6, 6.07) is 0. The van der Waals surface area contributed by atoms with Crippen LogP contribution in [0.5, 0.6) is 0 Å². The van der Waals surface area contributed by atoms with Crippen molar-refractivity contribution in [1.29, 1.82) is 0 Å². The van der Waals surface area contributed by atoms with Crippen LogP contribution >= 0.6 is 11.3 Å². The first-order valence-electron chi connectivity index (χ1n) is 7.24. The monoisotopic (exact) mass is 318 g/mol. The summed E-state index contributed by atoms with van der Waals surface area (Å²) in [6.07, 6.45) is 2.92. The van der Waals surface area contributed by atoms with Crippen LogP contribution in [0.4, 0.5) is 5.13 Å². The number of anilines is 1. The summed E-state index contributed by atoms with van der Waals surface area (Å²) < 4.78 is 0. The maximum atomic E-state index is 11.9. The van der Waals surface area contributed by atoms with Crippen molar-refractivity contribution in [1.82, 2.24) is 15.0 Å². The number of ketones is 1. The Bertz CT molecular complexity index is 879. The van der Waals surface area contributed by atoms with Gasteiger partial charge in [-0.25, -0.2) is 9.78 Å². The molecule has 22 heavy (non-hydrogen) atoms. The fourth-order valence-electron chi connectivity index (χ4n) is 3.03. The van der Waals surface area contributed by atoms with Gasteiger partial charge >= 0.3 is 5.69 Å². The first-order chi connectivity index (χ1) is 10.6. The highest BCUT2D eigenvalue weighted by atomic mass is 32.1. The van der Waals surface area contributed by atoms with Crippen LogP contribution < -0.4 is 16.1 Å². The van der Waals surface area contributed by atoms with Crippen molar-refractivity contribution >= 4 is 22.3 Å². The van der Waals surface area contributed by atoms with Gasteiger partial charge in [0, 0.05) is 29.1 Å². The van der Waals surface area contributed by atoms with E-state index >= 15 is 0 Å². The zero-order valence-corrected chi connectivity index (χ0v) is 12.6. The van der Waals surface area contributed by atoms with Crippen molar-refractivity contribution in [3.8, 4) is 0 Å². The Hall–Kier alpha value is -2.22. The number of nitrogens with one attached hydrogen (secondary N) is 2. The van der Waals surface area contributed by atoms with E-state index in [1.165, 1.54) is 0 Å². The van der Waals surface area contributed by atoms with Gasteiger partial charge in [0.1, 0.15) is 5.69 Å². The van der Waals surface area contributed by atoms with E-state index in [0.29, 0.717) is 42.9 Å². The minimum absolute atomic E-state index is 0.117. The lowest BCUT2D eigenvalue weighted by molar-refractivity contribution is 0.0968. The second kappa shape index (κ2) is 4.91.